The molecule has 0 aliphatic rings. The number of fused-ring (bicyclic) bond motifs is 1. The van der Waals surface area contributed by atoms with Gasteiger partial charge in [-0.1, -0.05) is 71.7 Å². The third kappa shape index (κ3) is 17.2. The van der Waals surface area contributed by atoms with Gasteiger partial charge in [-0.3, -0.25) is 24.0 Å². The van der Waals surface area contributed by atoms with E-state index in [9.17, 15) is 28.8 Å². The van der Waals surface area contributed by atoms with Gasteiger partial charge in [0, 0.05) is 54.8 Å². The standard InChI is InChI=1S/C30H38N6O8.C12H8O2/c1-22(37)34-26(13-15-28(39)44-21-24-10-6-3-7-11-24)30(41)35-25(29(40)32-16-18-42-19-17-33-36-31)12-14-27(38)43-20-23-8-4-2-5-9-23;1-3-9-4-5-10-8(2)6-12(13)14-11(10)7-9/h2-11,25-26H,12-21H2,1H3,(H,32,40)(H,34,37)(H,35,41);1,4-7H,2H3/t25-,26+;/m0./s1. The Kier molecular flexibility index (Phi) is 19.8. The molecule has 0 saturated carbocycles. The van der Waals surface area contributed by atoms with E-state index in [1.165, 1.54) is 13.0 Å². The molecule has 0 bridgehead atoms. The summed E-state index contributed by atoms with van der Waals surface area (Å²) in [5, 5.41) is 12.0. The maximum atomic E-state index is 13.2. The van der Waals surface area contributed by atoms with Crippen molar-refractivity contribution in [2.75, 3.05) is 26.3 Å². The Hall–Kier alpha value is -6.95. The lowest BCUT2D eigenvalue weighted by Crippen LogP contribution is -2.54. The summed E-state index contributed by atoms with van der Waals surface area (Å²) >= 11 is 0. The molecule has 16 nitrogen and oxygen atoms in total. The van der Waals surface area contributed by atoms with Gasteiger partial charge in [0.05, 0.1) is 13.2 Å². The summed E-state index contributed by atoms with van der Waals surface area (Å²) in [4.78, 5) is 76.4. The summed E-state index contributed by atoms with van der Waals surface area (Å²) in [5.74, 6) is -0.437. The minimum Gasteiger partial charge on any atom is -0.461 e. The van der Waals surface area contributed by atoms with Crippen LogP contribution in [0, 0.1) is 19.3 Å². The highest BCUT2D eigenvalue weighted by Crippen LogP contribution is 2.17. The van der Waals surface area contributed by atoms with Gasteiger partial charge in [-0.25, -0.2) is 4.79 Å². The molecule has 16 heteroatoms. The Morgan fingerprint density at radius 3 is 1.97 bits per heavy atom. The molecular formula is C42H46N6O10. The lowest BCUT2D eigenvalue weighted by Gasteiger charge is -2.22. The third-order valence-electron chi connectivity index (χ3n) is 8.15. The van der Waals surface area contributed by atoms with Gasteiger partial charge in [-0.05, 0) is 60.2 Å². The number of hydrogen-bond acceptors (Lipinski definition) is 11. The van der Waals surface area contributed by atoms with E-state index in [1.54, 1.807) is 30.3 Å². The van der Waals surface area contributed by atoms with Crippen LogP contribution in [0.3, 0.4) is 0 Å². The summed E-state index contributed by atoms with van der Waals surface area (Å²) in [7, 11) is 0. The third-order valence-corrected chi connectivity index (χ3v) is 8.15. The van der Waals surface area contributed by atoms with Gasteiger partial charge in [0.15, 0.2) is 0 Å². The molecule has 0 unspecified atom stereocenters. The highest BCUT2D eigenvalue weighted by Gasteiger charge is 2.27. The van der Waals surface area contributed by atoms with E-state index >= 15 is 0 Å². The number of hydrogen-bond donors (Lipinski definition) is 3. The maximum Gasteiger partial charge on any atom is 0.336 e. The normalized spacial score (nSPS) is 11.3. The van der Waals surface area contributed by atoms with E-state index < -0.39 is 41.7 Å². The van der Waals surface area contributed by atoms with E-state index in [0.29, 0.717) is 11.1 Å². The van der Waals surface area contributed by atoms with Gasteiger partial charge in [-0.15, -0.1) is 6.42 Å². The predicted octanol–water partition coefficient (Wildman–Crippen LogP) is 4.55. The summed E-state index contributed by atoms with van der Waals surface area (Å²) in [5.41, 5.74) is 11.7. The molecule has 304 valence electrons. The van der Waals surface area contributed by atoms with Crippen molar-refractivity contribution in [1.29, 1.82) is 0 Å². The van der Waals surface area contributed by atoms with Crippen molar-refractivity contribution in [2.45, 2.75) is 64.8 Å². The summed E-state index contributed by atoms with van der Waals surface area (Å²) in [6.07, 6.45) is 4.74. The molecule has 4 rings (SSSR count). The number of ether oxygens (including phenoxy) is 3. The van der Waals surface area contributed by atoms with Crippen LogP contribution >= 0.6 is 0 Å². The highest BCUT2D eigenvalue weighted by molar-refractivity contribution is 5.92. The molecule has 1 aromatic heterocycles. The number of benzene rings is 3. The van der Waals surface area contributed by atoms with E-state index in [4.69, 9.17) is 30.6 Å². The fourth-order valence-corrected chi connectivity index (χ4v) is 5.24. The van der Waals surface area contributed by atoms with Crippen molar-refractivity contribution in [3.63, 3.8) is 0 Å². The number of amides is 3. The molecular weight excluding hydrogens is 748 g/mol. The number of aryl methyl sites for hydroxylation is 1. The summed E-state index contributed by atoms with van der Waals surface area (Å²) < 4.78 is 20.8. The fraction of sp³-hybridized carbons (Fsp3) is 0.333. The van der Waals surface area contributed by atoms with Crippen molar-refractivity contribution in [3.8, 4) is 12.3 Å². The van der Waals surface area contributed by atoms with Crippen LogP contribution in [0.4, 0.5) is 0 Å². The number of nitrogens with zero attached hydrogens (tertiary/aromatic N) is 3. The topological polar surface area (TPSA) is 228 Å². The zero-order chi connectivity index (χ0) is 42.1. The Bertz CT molecular complexity index is 2130. The number of terminal acetylenes is 1. The molecule has 58 heavy (non-hydrogen) atoms. The number of carbonyl (C=O) groups excluding carboxylic acids is 5. The van der Waals surface area contributed by atoms with Crippen LogP contribution in [-0.2, 0) is 51.4 Å². The van der Waals surface area contributed by atoms with Gasteiger partial charge in [-0.2, -0.15) is 0 Å². The van der Waals surface area contributed by atoms with E-state index in [1.807, 2.05) is 55.5 Å². The van der Waals surface area contributed by atoms with Crippen molar-refractivity contribution < 1.29 is 42.6 Å². The lowest BCUT2D eigenvalue weighted by atomic mass is 10.1. The first-order valence-electron chi connectivity index (χ1n) is 18.3. The van der Waals surface area contributed by atoms with Gasteiger partial charge in [0.1, 0.15) is 30.9 Å². The molecule has 3 N–H and O–H groups in total. The monoisotopic (exact) mass is 794 g/mol. The molecule has 0 radical (unpaired) electrons. The minimum atomic E-state index is -1.16. The number of esters is 2. The zero-order valence-electron chi connectivity index (χ0n) is 32.3. The van der Waals surface area contributed by atoms with Gasteiger partial charge in [0.25, 0.3) is 0 Å². The first-order valence-corrected chi connectivity index (χ1v) is 18.3. The minimum absolute atomic E-state index is 0.0566. The number of rotatable bonds is 20. The first-order chi connectivity index (χ1) is 28.0. The second-order valence-corrected chi connectivity index (χ2v) is 12.6. The molecule has 3 amide bonds. The van der Waals surface area contributed by atoms with Crippen molar-refractivity contribution in [1.82, 2.24) is 16.0 Å². The zero-order valence-corrected chi connectivity index (χ0v) is 32.3. The van der Waals surface area contributed by atoms with Crippen molar-refractivity contribution in [3.05, 3.63) is 128 Å². The van der Waals surface area contributed by atoms with Crippen LogP contribution in [-0.4, -0.2) is 68.0 Å². The highest BCUT2D eigenvalue weighted by atomic mass is 16.5. The number of nitrogens with one attached hydrogen (secondary N) is 3. The Balaban J connectivity index is 0.000000533. The first kappa shape index (κ1) is 45.4. The summed E-state index contributed by atoms with van der Waals surface area (Å²) in [6.45, 7) is 3.72. The maximum absolute atomic E-state index is 13.2. The quantitative estimate of drug-likeness (QED) is 0.0215. The molecule has 3 aromatic carbocycles. The van der Waals surface area contributed by atoms with Crippen LogP contribution in [0.2, 0.25) is 0 Å². The average molecular weight is 795 g/mol. The van der Waals surface area contributed by atoms with Crippen LogP contribution in [0.1, 0.15) is 54.9 Å². The lowest BCUT2D eigenvalue weighted by molar-refractivity contribution is -0.146. The fourth-order valence-electron chi connectivity index (χ4n) is 5.24. The van der Waals surface area contributed by atoms with Crippen LogP contribution < -0.4 is 21.6 Å². The Labute approximate surface area is 335 Å². The molecule has 2 atom stereocenters. The SMILES string of the molecule is C#Cc1ccc2c(C)cc(=O)oc2c1.CC(=O)N[C@H](CCC(=O)OCc1ccccc1)C(=O)N[C@@H](CCC(=O)OCc1ccccc1)C(=O)NCCOCCN=[N+]=[N-]. The second kappa shape index (κ2) is 25.3. The van der Waals surface area contributed by atoms with Crippen molar-refractivity contribution in [2.24, 2.45) is 5.11 Å². The predicted molar refractivity (Wildman–Crippen MR) is 213 cm³/mol. The van der Waals surface area contributed by atoms with Crippen LogP contribution in [0.25, 0.3) is 21.4 Å². The van der Waals surface area contributed by atoms with E-state index in [0.717, 1.165) is 22.1 Å². The Morgan fingerprint density at radius 2 is 1.41 bits per heavy atom. The average Bonchev–Trinajstić information content (AvgIpc) is 3.22. The second-order valence-electron chi connectivity index (χ2n) is 12.6. The smallest absolute Gasteiger partial charge is 0.336 e. The molecule has 0 saturated heterocycles. The van der Waals surface area contributed by atoms with Crippen molar-refractivity contribution >= 4 is 40.6 Å². The van der Waals surface area contributed by atoms with E-state index in [2.05, 4.69) is 31.9 Å². The van der Waals surface area contributed by atoms with Gasteiger partial charge < -0.3 is 34.6 Å². The molecule has 0 fully saturated rings. The molecule has 0 aliphatic heterocycles. The molecule has 0 spiro atoms. The van der Waals surface area contributed by atoms with Gasteiger partial charge >= 0.3 is 17.6 Å². The van der Waals surface area contributed by atoms with Crippen LogP contribution in [0.5, 0.6) is 0 Å². The van der Waals surface area contributed by atoms with E-state index in [-0.39, 0.29) is 70.8 Å². The largest absolute Gasteiger partial charge is 0.461 e. The molecule has 1 heterocycles. The molecule has 0 aliphatic carbocycles. The molecule has 4 aromatic rings. The van der Waals surface area contributed by atoms with Crippen LogP contribution in [0.15, 0.2) is 99.3 Å². The number of azide groups is 1. The number of carbonyl (C=O) groups is 5. The Morgan fingerprint density at radius 1 is 0.828 bits per heavy atom. The summed E-state index contributed by atoms with van der Waals surface area (Å²) in [6, 6.07) is 22.7. The van der Waals surface area contributed by atoms with Gasteiger partial charge in [0.2, 0.25) is 17.7 Å².